The minimum atomic E-state index is -0.286. The van der Waals surface area contributed by atoms with Crippen molar-refractivity contribution in [2.45, 2.75) is 6.54 Å². The van der Waals surface area contributed by atoms with Crippen molar-refractivity contribution >= 4 is 34.6 Å². The lowest BCUT2D eigenvalue weighted by Gasteiger charge is -2.01. The first-order valence-corrected chi connectivity index (χ1v) is 6.35. The van der Waals surface area contributed by atoms with Crippen molar-refractivity contribution < 1.29 is 4.39 Å². The molecule has 0 spiro atoms. The van der Waals surface area contributed by atoms with Crippen molar-refractivity contribution in [1.82, 2.24) is 14.5 Å². The number of nitrogens with one attached hydrogen (secondary N) is 1. The molecule has 17 heavy (non-hydrogen) atoms. The molecule has 0 saturated heterocycles. The molecule has 1 N–H and O–H groups in total. The van der Waals surface area contributed by atoms with Gasteiger partial charge in [-0.05, 0) is 24.4 Å². The van der Waals surface area contributed by atoms with Crippen LogP contribution in [0.1, 0.15) is 5.69 Å². The van der Waals surface area contributed by atoms with E-state index >= 15 is 0 Å². The second-order valence-corrected chi connectivity index (χ2v) is 4.74. The molecule has 1 aromatic carbocycles. The van der Waals surface area contributed by atoms with Gasteiger partial charge in [0.05, 0.1) is 23.3 Å². The van der Waals surface area contributed by atoms with Crippen LogP contribution < -0.4 is 0 Å². The molecule has 3 aromatic rings. The summed E-state index contributed by atoms with van der Waals surface area (Å²) in [5.41, 5.74) is 3.92. The number of rotatable bonds is 2. The van der Waals surface area contributed by atoms with Crippen LogP contribution in [0, 0.1) is 10.6 Å². The average Bonchev–Trinajstić information content (AvgIpc) is 2.91. The molecule has 0 aliphatic heterocycles. The number of hydrogen-bond donors (Lipinski definition) is 1. The van der Waals surface area contributed by atoms with E-state index in [0.29, 0.717) is 16.8 Å². The molecule has 0 amide bonds. The van der Waals surface area contributed by atoms with Crippen molar-refractivity contribution in [2.24, 2.45) is 0 Å². The lowest BCUT2D eigenvalue weighted by molar-refractivity contribution is 0.637. The largest absolute Gasteiger partial charge is 0.328 e. The topological polar surface area (TPSA) is 33.6 Å². The SMILES string of the molecule is Fc1cccc2c1[nH]c(=S)n2Cc1cscn1. The standard InChI is InChI=1S/C11H8FN3S2/c12-8-2-1-3-9-10(8)14-11(16)15(9)4-7-5-17-6-13-7/h1-3,5-6H,4H2,(H,14,16). The van der Waals surface area contributed by atoms with Gasteiger partial charge in [-0.1, -0.05) is 6.07 Å². The first-order valence-electron chi connectivity index (χ1n) is 5.00. The van der Waals surface area contributed by atoms with Crippen LogP contribution in [-0.2, 0) is 6.54 Å². The number of halogens is 1. The van der Waals surface area contributed by atoms with E-state index in [2.05, 4.69) is 9.97 Å². The second kappa shape index (κ2) is 4.05. The highest BCUT2D eigenvalue weighted by Gasteiger charge is 2.08. The first kappa shape index (κ1) is 10.6. The Hall–Kier alpha value is -1.53. The normalized spacial score (nSPS) is 11.1. The molecular formula is C11H8FN3S2. The Balaban J connectivity index is 2.19. The maximum absolute atomic E-state index is 13.6. The van der Waals surface area contributed by atoms with E-state index in [1.54, 1.807) is 11.6 Å². The van der Waals surface area contributed by atoms with E-state index in [-0.39, 0.29) is 5.82 Å². The Labute approximate surface area is 106 Å². The average molecular weight is 265 g/mol. The van der Waals surface area contributed by atoms with Gasteiger partial charge >= 0.3 is 0 Å². The Kier molecular flexibility index (Phi) is 2.53. The maximum atomic E-state index is 13.6. The van der Waals surface area contributed by atoms with Gasteiger partial charge in [0.1, 0.15) is 11.3 Å². The predicted molar refractivity (Wildman–Crippen MR) is 68.3 cm³/mol. The highest BCUT2D eigenvalue weighted by Crippen LogP contribution is 2.18. The summed E-state index contributed by atoms with van der Waals surface area (Å²) >= 11 is 6.74. The van der Waals surface area contributed by atoms with Crippen molar-refractivity contribution in [1.29, 1.82) is 0 Å². The Morgan fingerprint density at radius 1 is 1.47 bits per heavy atom. The molecule has 3 nitrogen and oxygen atoms in total. The first-order chi connectivity index (χ1) is 8.25. The molecule has 86 valence electrons. The zero-order valence-corrected chi connectivity index (χ0v) is 10.3. The summed E-state index contributed by atoms with van der Waals surface area (Å²) in [6, 6.07) is 4.94. The Morgan fingerprint density at radius 3 is 3.12 bits per heavy atom. The monoisotopic (exact) mass is 265 g/mol. The highest BCUT2D eigenvalue weighted by molar-refractivity contribution is 7.71. The molecule has 0 aliphatic carbocycles. The van der Waals surface area contributed by atoms with Crippen LogP contribution in [0.2, 0.25) is 0 Å². The van der Waals surface area contributed by atoms with Gasteiger partial charge in [0.2, 0.25) is 0 Å². The molecule has 0 atom stereocenters. The number of aromatic nitrogens is 3. The van der Waals surface area contributed by atoms with E-state index in [1.165, 1.54) is 17.4 Å². The molecule has 3 rings (SSSR count). The zero-order valence-electron chi connectivity index (χ0n) is 8.68. The molecular weight excluding hydrogens is 257 g/mol. The molecule has 0 fully saturated rings. The zero-order chi connectivity index (χ0) is 11.8. The lowest BCUT2D eigenvalue weighted by atomic mass is 10.3. The fourth-order valence-electron chi connectivity index (χ4n) is 1.78. The van der Waals surface area contributed by atoms with Crippen LogP contribution in [0.3, 0.4) is 0 Å². The van der Waals surface area contributed by atoms with Gasteiger partial charge in [-0.3, -0.25) is 0 Å². The van der Waals surface area contributed by atoms with Crippen LogP contribution in [0.5, 0.6) is 0 Å². The Morgan fingerprint density at radius 2 is 2.35 bits per heavy atom. The van der Waals surface area contributed by atoms with Crippen molar-refractivity contribution in [3.63, 3.8) is 0 Å². The predicted octanol–water partition coefficient (Wildman–Crippen LogP) is 3.34. The van der Waals surface area contributed by atoms with E-state index in [9.17, 15) is 4.39 Å². The number of aromatic amines is 1. The quantitative estimate of drug-likeness (QED) is 0.721. The van der Waals surface area contributed by atoms with Crippen molar-refractivity contribution in [2.75, 3.05) is 0 Å². The number of nitrogens with zero attached hydrogens (tertiary/aromatic N) is 2. The molecule has 0 aliphatic rings. The highest BCUT2D eigenvalue weighted by atomic mass is 32.1. The number of benzene rings is 1. The number of H-pyrrole nitrogens is 1. The van der Waals surface area contributed by atoms with Gasteiger partial charge in [-0.25, -0.2) is 9.37 Å². The smallest absolute Gasteiger partial charge is 0.178 e. The molecule has 0 bridgehead atoms. The lowest BCUT2D eigenvalue weighted by Crippen LogP contribution is -1.99. The third-order valence-corrected chi connectivity index (χ3v) is 3.52. The van der Waals surface area contributed by atoms with E-state index < -0.39 is 0 Å². The number of thiazole rings is 1. The van der Waals surface area contributed by atoms with Crippen LogP contribution in [0.25, 0.3) is 11.0 Å². The van der Waals surface area contributed by atoms with Crippen molar-refractivity contribution in [3.05, 3.63) is 45.4 Å². The summed E-state index contributed by atoms with van der Waals surface area (Å²) in [5, 5.41) is 1.96. The molecule has 0 saturated carbocycles. The van der Waals surface area contributed by atoms with Gasteiger partial charge in [0.25, 0.3) is 0 Å². The minimum absolute atomic E-state index is 0.286. The van der Waals surface area contributed by atoms with E-state index in [0.717, 1.165) is 11.2 Å². The Bertz CT molecular complexity index is 712. The van der Waals surface area contributed by atoms with Crippen LogP contribution >= 0.6 is 23.6 Å². The summed E-state index contributed by atoms with van der Waals surface area (Å²) in [6.07, 6.45) is 0. The summed E-state index contributed by atoms with van der Waals surface area (Å²) < 4.78 is 15.9. The van der Waals surface area contributed by atoms with Crippen molar-refractivity contribution in [3.8, 4) is 0 Å². The van der Waals surface area contributed by atoms with Gasteiger partial charge in [-0.2, -0.15) is 0 Å². The summed E-state index contributed by atoms with van der Waals surface area (Å²) in [6.45, 7) is 0.561. The van der Waals surface area contributed by atoms with Gasteiger partial charge in [0, 0.05) is 5.38 Å². The maximum Gasteiger partial charge on any atom is 0.178 e. The summed E-state index contributed by atoms with van der Waals surface area (Å²) in [4.78, 5) is 7.09. The van der Waals surface area contributed by atoms with Crippen LogP contribution in [0.15, 0.2) is 29.1 Å². The molecule has 0 radical (unpaired) electrons. The molecule has 6 heteroatoms. The number of para-hydroxylation sites is 1. The third-order valence-electron chi connectivity index (χ3n) is 2.56. The summed E-state index contributed by atoms with van der Waals surface area (Å²) in [5.74, 6) is -0.286. The molecule has 2 heterocycles. The molecule has 2 aromatic heterocycles. The van der Waals surface area contributed by atoms with Gasteiger partial charge < -0.3 is 9.55 Å². The van der Waals surface area contributed by atoms with Gasteiger partial charge in [0.15, 0.2) is 4.77 Å². The van der Waals surface area contributed by atoms with Gasteiger partial charge in [-0.15, -0.1) is 11.3 Å². The second-order valence-electron chi connectivity index (χ2n) is 3.63. The molecule has 0 unspecified atom stereocenters. The van der Waals surface area contributed by atoms with Crippen LogP contribution in [-0.4, -0.2) is 14.5 Å². The minimum Gasteiger partial charge on any atom is -0.328 e. The van der Waals surface area contributed by atoms with Crippen LogP contribution in [0.4, 0.5) is 4.39 Å². The van der Waals surface area contributed by atoms with E-state index in [1.807, 2.05) is 16.0 Å². The summed E-state index contributed by atoms with van der Waals surface area (Å²) in [7, 11) is 0. The number of imidazole rings is 1. The number of fused-ring (bicyclic) bond motifs is 1. The van der Waals surface area contributed by atoms with E-state index in [4.69, 9.17) is 12.2 Å². The number of hydrogen-bond acceptors (Lipinski definition) is 3. The third kappa shape index (κ3) is 1.79. The fraction of sp³-hybridized carbons (Fsp3) is 0.0909. The fourth-order valence-corrected chi connectivity index (χ4v) is 2.59.